The normalized spacial score (nSPS) is 12.3. The standard InChI is InChI=1S/C25H22F4N6O3/c1-13-18(24(37)34(4)14(2)19-10-17(5-6-20(19)26)38-25(27,28)29)9-16(11-30-13)21-7-8-23-32-22(31-15(3)36)12-35(23)33-21/h5-12,14H,1-4H3,(H,31,36). The molecule has 2 amide bonds. The van der Waals surface area contributed by atoms with Crippen LogP contribution in [0.5, 0.6) is 5.75 Å². The fourth-order valence-corrected chi connectivity index (χ4v) is 3.78. The van der Waals surface area contributed by atoms with Crippen LogP contribution in [0.4, 0.5) is 23.4 Å². The highest BCUT2D eigenvalue weighted by Gasteiger charge is 2.32. The smallest absolute Gasteiger partial charge is 0.406 e. The molecule has 1 atom stereocenters. The van der Waals surface area contributed by atoms with E-state index in [4.69, 9.17) is 0 Å². The second-order valence-corrected chi connectivity index (χ2v) is 8.51. The van der Waals surface area contributed by atoms with Crippen molar-refractivity contribution >= 4 is 23.3 Å². The first-order valence-corrected chi connectivity index (χ1v) is 11.3. The minimum absolute atomic E-state index is 0.147. The van der Waals surface area contributed by atoms with Crippen LogP contribution in [0.3, 0.4) is 0 Å². The number of hydrogen-bond acceptors (Lipinski definition) is 6. The molecule has 1 N–H and O–H groups in total. The topological polar surface area (TPSA) is 102 Å². The SMILES string of the molecule is CC(=O)Nc1cn2nc(-c3cnc(C)c(C(=O)N(C)C(C)c4cc(OC(F)(F)F)ccc4F)c3)ccc2n1. The number of anilines is 1. The van der Waals surface area contributed by atoms with Gasteiger partial charge in [0.05, 0.1) is 29.2 Å². The maximum atomic E-state index is 14.5. The van der Waals surface area contributed by atoms with Gasteiger partial charge in [-0.15, -0.1) is 13.2 Å². The predicted molar refractivity (Wildman–Crippen MR) is 129 cm³/mol. The third-order valence-electron chi connectivity index (χ3n) is 5.79. The van der Waals surface area contributed by atoms with Crippen LogP contribution in [-0.2, 0) is 4.79 Å². The van der Waals surface area contributed by atoms with Crippen LogP contribution < -0.4 is 10.1 Å². The zero-order valence-electron chi connectivity index (χ0n) is 20.7. The number of ether oxygens (including phenoxy) is 1. The molecule has 38 heavy (non-hydrogen) atoms. The molecule has 0 spiro atoms. The molecule has 1 unspecified atom stereocenters. The van der Waals surface area contributed by atoms with E-state index in [9.17, 15) is 27.2 Å². The van der Waals surface area contributed by atoms with Gasteiger partial charge >= 0.3 is 6.36 Å². The summed E-state index contributed by atoms with van der Waals surface area (Å²) in [6, 6.07) is 6.63. The Kier molecular flexibility index (Phi) is 7.03. The third kappa shape index (κ3) is 5.71. The average Bonchev–Trinajstić information content (AvgIpc) is 3.24. The van der Waals surface area contributed by atoms with Crippen molar-refractivity contribution in [1.29, 1.82) is 0 Å². The molecule has 0 aliphatic heterocycles. The summed E-state index contributed by atoms with van der Waals surface area (Å²) < 4.78 is 57.8. The first-order valence-electron chi connectivity index (χ1n) is 11.3. The van der Waals surface area contributed by atoms with Crippen LogP contribution in [0.1, 0.15) is 41.5 Å². The molecule has 4 rings (SSSR count). The number of imidazole rings is 1. The summed E-state index contributed by atoms with van der Waals surface area (Å²) in [5, 5.41) is 7.04. The number of benzene rings is 1. The zero-order valence-corrected chi connectivity index (χ0v) is 20.7. The van der Waals surface area contributed by atoms with E-state index in [1.807, 2.05) is 0 Å². The Morgan fingerprint density at radius 3 is 2.58 bits per heavy atom. The van der Waals surface area contributed by atoms with Crippen molar-refractivity contribution in [2.24, 2.45) is 0 Å². The van der Waals surface area contributed by atoms with Gasteiger partial charge in [-0.05, 0) is 50.2 Å². The molecule has 3 heterocycles. The molecule has 1 aromatic carbocycles. The summed E-state index contributed by atoms with van der Waals surface area (Å²) in [6.45, 7) is 4.47. The number of fused-ring (bicyclic) bond motifs is 1. The van der Waals surface area contributed by atoms with Crippen molar-refractivity contribution in [2.75, 3.05) is 12.4 Å². The Morgan fingerprint density at radius 1 is 1.16 bits per heavy atom. The van der Waals surface area contributed by atoms with Crippen molar-refractivity contribution in [3.8, 4) is 17.0 Å². The van der Waals surface area contributed by atoms with Gasteiger partial charge < -0.3 is 15.0 Å². The van der Waals surface area contributed by atoms with Crippen molar-refractivity contribution in [1.82, 2.24) is 24.5 Å². The lowest BCUT2D eigenvalue weighted by molar-refractivity contribution is -0.274. The second kappa shape index (κ2) is 10.1. The number of rotatable bonds is 6. The number of carbonyl (C=O) groups is 2. The number of aryl methyl sites for hydroxylation is 1. The first kappa shape index (κ1) is 26.5. The largest absolute Gasteiger partial charge is 0.573 e. The maximum Gasteiger partial charge on any atom is 0.573 e. The quantitative estimate of drug-likeness (QED) is 0.355. The highest BCUT2D eigenvalue weighted by atomic mass is 19.4. The van der Waals surface area contributed by atoms with Gasteiger partial charge in [-0.3, -0.25) is 14.6 Å². The van der Waals surface area contributed by atoms with Crippen LogP contribution in [0.15, 0.2) is 48.8 Å². The number of aromatic nitrogens is 4. The van der Waals surface area contributed by atoms with Gasteiger partial charge in [0, 0.05) is 31.3 Å². The summed E-state index contributed by atoms with van der Waals surface area (Å²) >= 11 is 0. The number of halogens is 4. The Labute approximate surface area is 214 Å². The molecule has 4 aromatic rings. The van der Waals surface area contributed by atoms with E-state index in [-0.39, 0.29) is 17.0 Å². The molecule has 9 nitrogen and oxygen atoms in total. The number of nitrogens with one attached hydrogen (secondary N) is 1. The van der Waals surface area contributed by atoms with Crippen molar-refractivity contribution in [2.45, 2.75) is 33.2 Å². The molecule has 3 aromatic heterocycles. The van der Waals surface area contributed by atoms with Gasteiger partial charge in [0.2, 0.25) is 5.91 Å². The lowest BCUT2D eigenvalue weighted by atomic mass is 10.0. The highest BCUT2D eigenvalue weighted by molar-refractivity contribution is 5.96. The zero-order chi connectivity index (χ0) is 27.8. The Morgan fingerprint density at radius 2 is 1.89 bits per heavy atom. The summed E-state index contributed by atoms with van der Waals surface area (Å²) in [5.74, 6) is -1.86. The van der Waals surface area contributed by atoms with E-state index in [2.05, 4.69) is 25.1 Å². The van der Waals surface area contributed by atoms with Gasteiger partial charge in [-0.1, -0.05) is 0 Å². The number of pyridine rings is 1. The minimum atomic E-state index is -4.94. The lowest BCUT2D eigenvalue weighted by Crippen LogP contribution is -2.31. The summed E-state index contributed by atoms with van der Waals surface area (Å²) in [5.41, 5.74) is 1.90. The molecular formula is C25H22F4N6O3. The van der Waals surface area contributed by atoms with Crippen molar-refractivity contribution < 1.29 is 31.9 Å². The van der Waals surface area contributed by atoms with Gasteiger partial charge in [0.15, 0.2) is 11.5 Å². The van der Waals surface area contributed by atoms with E-state index < -0.39 is 29.9 Å². The number of amides is 2. The van der Waals surface area contributed by atoms with Crippen molar-refractivity contribution in [3.05, 3.63) is 71.4 Å². The molecule has 0 fully saturated rings. The summed E-state index contributed by atoms with van der Waals surface area (Å²) in [7, 11) is 1.41. The number of nitrogens with zero attached hydrogens (tertiary/aromatic N) is 5. The number of hydrogen-bond donors (Lipinski definition) is 1. The lowest BCUT2D eigenvalue weighted by Gasteiger charge is -2.26. The number of carbonyl (C=O) groups excluding carboxylic acids is 2. The monoisotopic (exact) mass is 530 g/mol. The van der Waals surface area contributed by atoms with E-state index in [0.29, 0.717) is 28.4 Å². The molecule has 0 aliphatic rings. The molecule has 0 bridgehead atoms. The van der Waals surface area contributed by atoms with Gasteiger partial charge in [-0.25, -0.2) is 13.9 Å². The van der Waals surface area contributed by atoms with Gasteiger partial charge in [0.25, 0.3) is 5.91 Å². The molecule has 13 heteroatoms. The Hall–Kier alpha value is -4.55. The molecule has 198 valence electrons. The second-order valence-electron chi connectivity index (χ2n) is 8.51. The van der Waals surface area contributed by atoms with Crippen LogP contribution in [-0.4, -0.2) is 49.7 Å². The van der Waals surface area contributed by atoms with Gasteiger partial charge in [-0.2, -0.15) is 5.10 Å². The van der Waals surface area contributed by atoms with Crippen LogP contribution in [0.25, 0.3) is 16.9 Å². The molecule has 0 radical (unpaired) electrons. The molecular weight excluding hydrogens is 508 g/mol. The third-order valence-corrected chi connectivity index (χ3v) is 5.79. The van der Waals surface area contributed by atoms with Crippen molar-refractivity contribution in [3.63, 3.8) is 0 Å². The number of alkyl halides is 3. The molecule has 0 saturated carbocycles. The highest BCUT2D eigenvalue weighted by Crippen LogP contribution is 2.31. The molecule has 0 saturated heterocycles. The average molecular weight is 530 g/mol. The Bertz CT molecular complexity index is 1540. The van der Waals surface area contributed by atoms with E-state index in [1.165, 1.54) is 42.7 Å². The van der Waals surface area contributed by atoms with E-state index in [0.717, 1.165) is 18.2 Å². The summed E-state index contributed by atoms with van der Waals surface area (Å²) in [4.78, 5) is 34.4. The molecule has 0 aliphatic carbocycles. The first-order chi connectivity index (χ1) is 17.8. The van der Waals surface area contributed by atoms with Crippen LogP contribution >= 0.6 is 0 Å². The van der Waals surface area contributed by atoms with Gasteiger partial charge in [0.1, 0.15) is 11.6 Å². The maximum absolute atomic E-state index is 14.5. The Balaban J connectivity index is 1.62. The fourth-order valence-electron chi connectivity index (χ4n) is 3.78. The van der Waals surface area contributed by atoms with Crippen LogP contribution in [0, 0.1) is 12.7 Å². The fraction of sp³-hybridized carbons (Fsp3) is 0.240. The minimum Gasteiger partial charge on any atom is -0.406 e. The summed E-state index contributed by atoms with van der Waals surface area (Å²) in [6.07, 6.45) is -1.87. The predicted octanol–water partition coefficient (Wildman–Crippen LogP) is 4.93. The van der Waals surface area contributed by atoms with Crippen LogP contribution in [0.2, 0.25) is 0 Å². The van der Waals surface area contributed by atoms with E-state index >= 15 is 0 Å². The van der Waals surface area contributed by atoms with E-state index in [1.54, 1.807) is 25.1 Å².